The molecule has 0 saturated heterocycles. The van der Waals surface area contributed by atoms with Gasteiger partial charge in [-0.1, -0.05) is 13.0 Å². The number of nitrogens with zero attached hydrogens (tertiary/aromatic N) is 2. The van der Waals surface area contributed by atoms with Gasteiger partial charge in [-0.25, -0.2) is 8.42 Å². The summed E-state index contributed by atoms with van der Waals surface area (Å²) >= 11 is 0. The third kappa shape index (κ3) is 4.61. The van der Waals surface area contributed by atoms with Gasteiger partial charge in [-0.3, -0.25) is 4.79 Å². The van der Waals surface area contributed by atoms with Crippen LogP contribution in [0.4, 0.5) is 0 Å². The summed E-state index contributed by atoms with van der Waals surface area (Å²) in [4.78, 5) is 14.5. The van der Waals surface area contributed by atoms with Crippen molar-refractivity contribution in [2.24, 2.45) is 5.92 Å². The molecule has 1 aromatic rings. The van der Waals surface area contributed by atoms with E-state index in [0.29, 0.717) is 5.92 Å². The van der Waals surface area contributed by atoms with E-state index in [0.717, 1.165) is 41.1 Å². The molecule has 0 unspecified atom stereocenters. The Morgan fingerprint density at radius 3 is 2.24 bits per heavy atom. The Morgan fingerprint density at radius 2 is 1.68 bits per heavy atom. The second-order valence-corrected chi connectivity index (χ2v) is 9.47. The molecule has 1 aliphatic rings. The van der Waals surface area contributed by atoms with Crippen molar-refractivity contribution in [3.63, 3.8) is 0 Å². The summed E-state index contributed by atoms with van der Waals surface area (Å²) < 4.78 is 26.6. The van der Waals surface area contributed by atoms with Gasteiger partial charge < -0.3 is 4.90 Å². The van der Waals surface area contributed by atoms with Crippen LogP contribution in [0.15, 0.2) is 23.1 Å². The van der Waals surface area contributed by atoms with Crippen LogP contribution < -0.4 is 0 Å². The molecule has 2 rings (SSSR count). The lowest BCUT2D eigenvalue weighted by atomic mass is 9.87. The van der Waals surface area contributed by atoms with Gasteiger partial charge >= 0.3 is 0 Å². The van der Waals surface area contributed by atoms with E-state index in [1.807, 2.05) is 13.8 Å². The van der Waals surface area contributed by atoms with E-state index in [4.69, 9.17) is 0 Å². The van der Waals surface area contributed by atoms with Gasteiger partial charge in [-0.15, -0.1) is 0 Å². The summed E-state index contributed by atoms with van der Waals surface area (Å²) in [7, 11) is -0.398. The van der Waals surface area contributed by atoms with Crippen LogP contribution in [0.2, 0.25) is 0 Å². The fraction of sp³-hybridized carbons (Fsp3) is 0.632. The first-order chi connectivity index (χ1) is 11.6. The lowest BCUT2D eigenvalue weighted by Gasteiger charge is -2.34. The number of likely N-dealkylation sites (N-methyl/N-ethyl adjacent to an activating group) is 2. The first-order valence-corrected chi connectivity index (χ1v) is 10.4. The Kier molecular flexibility index (Phi) is 6.27. The average Bonchev–Trinajstić information content (AvgIpc) is 2.57. The number of carbonyl (C=O) groups is 1. The Morgan fingerprint density at radius 1 is 1.08 bits per heavy atom. The summed E-state index contributed by atoms with van der Waals surface area (Å²) in [6, 6.07) is 5.29. The van der Waals surface area contributed by atoms with Gasteiger partial charge in [0, 0.05) is 20.1 Å². The Balaban J connectivity index is 2.05. The predicted octanol–water partition coefficient (Wildman–Crippen LogP) is 2.96. The molecule has 1 fully saturated rings. The Labute approximate surface area is 152 Å². The van der Waals surface area contributed by atoms with Gasteiger partial charge in [0.15, 0.2) is 0 Å². The molecule has 1 saturated carbocycles. The van der Waals surface area contributed by atoms with Gasteiger partial charge in [0.05, 0.1) is 11.4 Å². The Bertz CT molecular complexity index is 722. The highest BCUT2D eigenvalue weighted by molar-refractivity contribution is 7.89. The average molecular weight is 367 g/mol. The second-order valence-electron chi connectivity index (χ2n) is 7.43. The van der Waals surface area contributed by atoms with E-state index in [9.17, 15) is 13.2 Å². The molecule has 1 amide bonds. The molecule has 1 aromatic carbocycles. The number of hydrogen-bond donors (Lipinski definition) is 0. The van der Waals surface area contributed by atoms with E-state index in [-0.39, 0.29) is 23.4 Å². The molecule has 0 radical (unpaired) electrons. The van der Waals surface area contributed by atoms with Crippen molar-refractivity contribution in [2.45, 2.75) is 57.4 Å². The van der Waals surface area contributed by atoms with E-state index in [1.54, 1.807) is 30.1 Å². The molecule has 0 aliphatic heterocycles. The number of carbonyl (C=O) groups excluding carboxylic acids is 1. The minimum Gasteiger partial charge on any atom is -0.342 e. The standard InChI is InChI=1S/C19H30N2O3S/c1-14-6-9-17(10-7-14)21(5)19(22)13-20(4)25(23,24)18-11-8-15(2)16(3)12-18/h8,11-12,14,17H,6-7,9-10,13H2,1-5H3. The number of hydrogen-bond acceptors (Lipinski definition) is 3. The quantitative estimate of drug-likeness (QED) is 0.805. The molecule has 5 nitrogen and oxygen atoms in total. The minimum absolute atomic E-state index is 0.127. The monoisotopic (exact) mass is 366 g/mol. The topological polar surface area (TPSA) is 57.7 Å². The third-order valence-corrected chi connectivity index (χ3v) is 7.27. The summed E-state index contributed by atoms with van der Waals surface area (Å²) in [5.74, 6) is 0.571. The molecular weight excluding hydrogens is 336 g/mol. The van der Waals surface area contributed by atoms with Gasteiger partial charge in [0.25, 0.3) is 0 Å². The van der Waals surface area contributed by atoms with E-state index >= 15 is 0 Å². The lowest BCUT2D eigenvalue weighted by Crippen LogP contribution is -2.45. The first-order valence-electron chi connectivity index (χ1n) is 8.92. The molecule has 0 atom stereocenters. The molecule has 6 heteroatoms. The summed E-state index contributed by atoms with van der Waals surface area (Å²) in [5.41, 5.74) is 1.97. The highest BCUT2D eigenvalue weighted by Crippen LogP contribution is 2.26. The van der Waals surface area contributed by atoms with Crippen molar-refractivity contribution < 1.29 is 13.2 Å². The van der Waals surface area contributed by atoms with E-state index < -0.39 is 10.0 Å². The maximum absolute atomic E-state index is 12.7. The zero-order chi connectivity index (χ0) is 18.8. The Hall–Kier alpha value is -1.40. The van der Waals surface area contributed by atoms with Crippen molar-refractivity contribution in [2.75, 3.05) is 20.6 Å². The number of sulfonamides is 1. The second kappa shape index (κ2) is 7.87. The van der Waals surface area contributed by atoms with Crippen LogP contribution in [0, 0.1) is 19.8 Å². The molecule has 140 valence electrons. The molecule has 0 aromatic heterocycles. The highest BCUT2D eigenvalue weighted by Gasteiger charge is 2.28. The zero-order valence-corrected chi connectivity index (χ0v) is 16.8. The number of aryl methyl sites for hydroxylation is 2. The van der Waals surface area contributed by atoms with Crippen LogP contribution in [0.5, 0.6) is 0 Å². The molecule has 1 aliphatic carbocycles. The predicted molar refractivity (Wildman–Crippen MR) is 99.9 cm³/mol. The number of amides is 1. The van der Waals surface area contributed by atoms with Gasteiger partial charge in [-0.2, -0.15) is 4.31 Å². The van der Waals surface area contributed by atoms with Crippen molar-refractivity contribution in [1.29, 1.82) is 0 Å². The summed E-state index contributed by atoms with van der Waals surface area (Å²) in [5, 5.41) is 0. The number of benzene rings is 1. The van der Waals surface area contributed by atoms with E-state index in [2.05, 4.69) is 6.92 Å². The third-order valence-electron chi connectivity index (χ3n) is 5.47. The van der Waals surface area contributed by atoms with Crippen LogP contribution in [0.3, 0.4) is 0 Å². The molecule has 25 heavy (non-hydrogen) atoms. The van der Waals surface area contributed by atoms with Crippen LogP contribution in [0.25, 0.3) is 0 Å². The molecule has 0 bridgehead atoms. The summed E-state index contributed by atoms with van der Waals surface area (Å²) in [6.45, 7) is 5.94. The summed E-state index contributed by atoms with van der Waals surface area (Å²) in [6.07, 6.45) is 4.24. The van der Waals surface area contributed by atoms with Gasteiger partial charge in [-0.05, 0) is 68.7 Å². The van der Waals surface area contributed by atoms with Crippen molar-refractivity contribution in [3.05, 3.63) is 29.3 Å². The van der Waals surface area contributed by atoms with Crippen LogP contribution in [-0.2, 0) is 14.8 Å². The fourth-order valence-corrected chi connectivity index (χ4v) is 4.48. The molecule has 0 N–H and O–H groups in total. The van der Waals surface area contributed by atoms with Crippen molar-refractivity contribution >= 4 is 15.9 Å². The molecule has 0 spiro atoms. The van der Waals surface area contributed by atoms with Crippen LogP contribution in [0.1, 0.15) is 43.7 Å². The lowest BCUT2D eigenvalue weighted by molar-refractivity contribution is -0.132. The molecule has 0 heterocycles. The molecular formula is C19H30N2O3S. The maximum atomic E-state index is 12.7. The highest BCUT2D eigenvalue weighted by atomic mass is 32.2. The fourth-order valence-electron chi connectivity index (χ4n) is 3.27. The zero-order valence-electron chi connectivity index (χ0n) is 15.9. The normalized spacial score (nSPS) is 21.4. The van der Waals surface area contributed by atoms with Crippen LogP contribution >= 0.6 is 0 Å². The van der Waals surface area contributed by atoms with Crippen molar-refractivity contribution in [3.8, 4) is 0 Å². The smallest absolute Gasteiger partial charge is 0.243 e. The SMILES string of the molecule is Cc1ccc(S(=O)(=O)N(C)CC(=O)N(C)C2CCC(C)CC2)cc1C. The first kappa shape index (κ1) is 19.9. The maximum Gasteiger partial charge on any atom is 0.243 e. The largest absolute Gasteiger partial charge is 0.342 e. The number of rotatable bonds is 5. The van der Waals surface area contributed by atoms with Gasteiger partial charge in [0.2, 0.25) is 15.9 Å². The van der Waals surface area contributed by atoms with Crippen molar-refractivity contribution in [1.82, 2.24) is 9.21 Å². The van der Waals surface area contributed by atoms with Gasteiger partial charge in [0.1, 0.15) is 0 Å². The van der Waals surface area contributed by atoms with E-state index in [1.165, 1.54) is 7.05 Å². The minimum atomic E-state index is -3.66. The van der Waals surface area contributed by atoms with Crippen LogP contribution in [-0.4, -0.2) is 50.2 Å².